The van der Waals surface area contributed by atoms with E-state index in [0.717, 1.165) is 6.61 Å². The first-order valence-electron chi connectivity index (χ1n) is 2.66. The molecule has 0 aliphatic rings. The maximum absolute atomic E-state index is 4.97. The molecule has 0 aromatic heterocycles. The molecule has 0 aromatic rings. The zero-order valence-corrected chi connectivity index (χ0v) is 8.69. The molecule has 0 spiro atoms. The molecule has 8 heavy (non-hydrogen) atoms. The van der Waals surface area contributed by atoms with Gasteiger partial charge < -0.3 is 4.74 Å². The van der Waals surface area contributed by atoms with E-state index in [4.69, 9.17) is 4.74 Å². The van der Waals surface area contributed by atoms with Crippen molar-refractivity contribution < 1.29 is 37.4 Å². The van der Waals surface area contributed by atoms with Gasteiger partial charge in [-0.2, -0.15) is 6.92 Å². The van der Waals surface area contributed by atoms with Crippen molar-refractivity contribution in [1.29, 1.82) is 0 Å². The Labute approximate surface area is 77.1 Å². The van der Waals surface area contributed by atoms with Crippen molar-refractivity contribution in [3.63, 3.8) is 0 Å². The van der Waals surface area contributed by atoms with Crippen LogP contribution in [-0.2, 0) is 37.4 Å². The van der Waals surface area contributed by atoms with Crippen molar-refractivity contribution in [3.8, 4) is 0 Å². The van der Waals surface area contributed by atoms with Gasteiger partial charge in [0.05, 0.1) is 0 Å². The topological polar surface area (TPSA) is 9.23 Å². The maximum atomic E-state index is 4.97. The second-order valence-corrected chi connectivity index (χ2v) is 1.96. The van der Waals surface area contributed by atoms with Gasteiger partial charge in [-0.15, -0.1) is 0 Å². The minimum absolute atomic E-state index is 0. The summed E-state index contributed by atoms with van der Waals surface area (Å²) in [5, 5.41) is 0. The van der Waals surface area contributed by atoms with Gasteiger partial charge in [0.1, 0.15) is 0 Å². The fourth-order valence-corrected chi connectivity index (χ4v) is 0.289. The molecule has 1 nitrogen and oxygen atoms in total. The van der Waals surface area contributed by atoms with E-state index in [1.165, 1.54) is 0 Å². The molecule has 0 atom stereocenters. The summed E-state index contributed by atoms with van der Waals surface area (Å²) in [4.78, 5) is 0. The second kappa shape index (κ2) is 8.06. The van der Waals surface area contributed by atoms with Crippen molar-refractivity contribution in [3.05, 3.63) is 6.61 Å². The number of rotatable bonds is 3. The van der Waals surface area contributed by atoms with Crippen molar-refractivity contribution in [1.82, 2.24) is 0 Å². The summed E-state index contributed by atoms with van der Waals surface area (Å²) in [6, 6.07) is 0. The van der Waals surface area contributed by atoms with Gasteiger partial charge in [-0.3, -0.25) is 0 Å². The third-order valence-electron chi connectivity index (χ3n) is 0.596. The molecule has 2 heteroatoms. The van der Waals surface area contributed by atoms with Gasteiger partial charge in [0, 0.05) is 39.3 Å². The van der Waals surface area contributed by atoms with E-state index >= 15 is 0 Å². The van der Waals surface area contributed by atoms with Gasteiger partial charge in [-0.25, -0.2) is 6.61 Å². The van der Waals surface area contributed by atoms with Crippen LogP contribution in [0.5, 0.6) is 0 Å². The van der Waals surface area contributed by atoms with Crippen LogP contribution in [0, 0.1) is 12.5 Å². The molecule has 0 N–H and O–H groups in total. The molecule has 0 amide bonds. The van der Waals surface area contributed by atoms with Gasteiger partial charge in [-0.05, 0) is 5.92 Å². The Morgan fingerprint density at radius 3 is 2.12 bits per heavy atom. The third-order valence-corrected chi connectivity index (χ3v) is 0.596. The van der Waals surface area contributed by atoms with Gasteiger partial charge in [-0.1, -0.05) is 13.8 Å². The molecule has 0 fully saturated rings. The third kappa shape index (κ3) is 10.1. The van der Waals surface area contributed by atoms with Crippen LogP contribution < -0.4 is 0 Å². The van der Waals surface area contributed by atoms with E-state index in [0.29, 0.717) is 5.92 Å². The summed E-state index contributed by atoms with van der Waals surface area (Å²) in [6.45, 7) is 8.71. The molecule has 0 saturated heterocycles. The van der Waals surface area contributed by atoms with Crippen LogP contribution in [0.3, 0.4) is 0 Å². The quantitative estimate of drug-likeness (QED) is 0.617. The largest absolute Gasteiger partial charge is 0.552 e. The molecule has 0 aliphatic heterocycles. The van der Waals surface area contributed by atoms with Gasteiger partial charge in [0.15, 0.2) is 0 Å². The Bertz CT molecular complexity index is 37.5. The van der Waals surface area contributed by atoms with Crippen LogP contribution in [-0.4, -0.2) is 6.61 Å². The fraction of sp³-hybridized carbons (Fsp3) is 0.833. The molecule has 0 aliphatic carbocycles. The average molecular weight is 190 g/mol. The predicted octanol–water partition coefficient (Wildman–Crippen LogP) is 1.84. The summed E-state index contributed by atoms with van der Waals surface area (Å²) in [5.41, 5.74) is 0. The first-order valence-corrected chi connectivity index (χ1v) is 2.66. The molecular weight excluding hydrogens is 177 g/mol. The molecule has 1 radical (unpaired) electrons. The number of ether oxygens (including phenoxy) is 1. The molecule has 47 valence electrons. The van der Waals surface area contributed by atoms with Crippen LogP contribution in [0.15, 0.2) is 0 Å². The van der Waals surface area contributed by atoms with Gasteiger partial charge in [0.25, 0.3) is 0 Å². The smallest absolute Gasteiger partial charge is 0.0136 e. The Morgan fingerprint density at radius 1 is 1.50 bits per heavy atom. The standard InChI is InChI=1S/C6H13O.Y/c1-4-7-5-6(2)3;/h4,6H,5H2,1-3H3;/q-1;. The summed E-state index contributed by atoms with van der Waals surface area (Å²) >= 11 is 0. The van der Waals surface area contributed by atoms with E-state index in [9.17, 15) is 0 Å². The van der Waals surface area contributed by atoms with Crippen LogP contribution in [0.4, 0.5) is 0 Å². The van der Waals surface area contributed by atoms with Crippen molar-refractivity contribution in [2.24, 2.45) is 5.92 Å². The summed E-state index contributed by atoms with van der Waals surface area (Å²) < 4.78 is 4.97. The minimum atomic E-state index is 0. The summed E-state index contributed by atoms with van der Waals surface area (Å²) in [7, 11) is 0. The molecule has 0 rings (SSSR count). The molecule has 0 saturated carbocycles. The number of hydrogen-bond acceptors (Lipinski definition) is 1. The summed E-state index contributed by atoms with van der Waals surface area (Å²) in [6.07, 6.45) is 0. The van der Waals surface area contributed by atoms with E-state index < -0.39 is 0 Å². The Hall–Kier alpha value is 1.06. The monoisotopic (exact) mass is 190 g/mol. The molecule has 0 bridgehead atoms. The molecule has 0 aromatic carbocycles. The first-order chi connectivity index (χ1) is 3.27. The van der Waals surface area contributed by atoms with Gasteiger partial charge in [0.2, 0.25) is 0 Å². The van der Waals surface area contributed by atoms with Crippen molar-refractivity contribution in [2.45, 2.75) is 20.8 Å². The van der Waals surface area contributed by atoms with Gasteiger partial charge >= 0.3 is 0 Å². The van der Waals surface area contributed by atoms with E-state index in [-0.39, 0.29) is 32.7 Å². The first kappa shape index (κ1) is 11.8. The Balaban J connectivity index is 0. The SMILES string of the molecule is C[CH-]OCC(C)C.[Y]. The second-order valence-electron chi connectivity index (χ2n) is 1.96. The zero-order valence-electron chi connectivity index (χ0n) is 5.85. The van der Waals surface area contributed by atoms with Crippen LogP contribution in [0.1, 0.15) is 20.8 Å². The minimum Gasteiger partial charge on any atom is -0.552 e. The fourth-order valence-electron chi connectivity index (χ4n) is 0.289. The Morgan fingerprint density at radius 2 is 2.00 bits per heavy atom. The summed E-state index contributed by atoms with van der Waals surface area (Å²) in [5.74, 6) is 0.649. The van der Waals surface area contributed by atoms with Crippen molar-refractivity contribution >= 4 is 0 Å². The maximum Gasteiger partial charge on any atom is 0.0136 e. The average Bonchev–Trinajstić information content (AvgIpc) is 1.61. The molecule has 0 unspecified atom stereocenters. The van der Waals surface area contributed by atoms with Crippen LogP contribution in [0.2, 0.25) is 0 Å². The van der Waals surface area contributed by atoms with E-state index in [1.807, 2.05) is 6.92 Å². The predicted molar refractivity (Wildman–Crippen MR) is 30.8 cm³/mol. The van der Waals surface area contributed by atoms with E-state index in [1.54, 1.807) is 6.61 Å². The van der Waals surface area contributed by atoms with E-state index in [2.05, 4.69) is 13.8 Å². The Kier molecular flexibility index (Phi) is 11.9. The van der Waals surface area contributed by atoms with Crippen LogP contribution >= 0.6 is 0 Å². The van der Waals surface area contributed by atoms with Crippen LogP contribution in [0.25, 0.3) is 0 Å². The zero-order chi connectivity index (χ0) is 5.70. The number of hydrogen-bond donors (Lipinski definition) is 0. The molecule has 0 heterocycles. The molecular formula is C6H13OY-. The normalized spacial score (nSPS) is 9.00. The van der Waals surface area contributed by atoms with Crippen molar-refractivity contribution in [2.75, 3.05) is 6.61 Å².